The van der Waals surface area contributed by atoms with Crippen LogP contribution in [-0.2, 0) is 0 Å². The van der Waals surface area contributed by atoms with Gasteiger partial charge in [0.1, 0.15) is 11.4 Å². The molecule has 0 radical (unpaired) electrons. The molecule has 0 aromatic carbocycles. The first-order valence-corrected chi connectivity index (χ1v) is 7.95. The molecule has 6 nitrogen and oxygen atoms in total. The lowest BCUT2D eigenvalue weighted by Crippen LogP contribution is -2.52. The standard InChI is InChI=1S/C16H22N4O2.ClH/c1-12-11-17-7-10-20(12)16(22)14-6-4-5-13(18-14)15(21)19-8-2-3-9-19;/h4-6,12,17H,2-3,7-11H2,1H3;1H/t12-;/m1./s1. The minimum atomic E-state index is -0.0925. The molecule has 0 saturated carbocycles. The Bertz CT molecular complexity index is 575. The largest absolute Gasteiger partial charge is 0.337 e. The van der Waals surface area contributed by atoms with Gasteiger partial charge in [0.05, 0.1) is 0 Å². The Labute approximate surface area is 142 Å². The SMILES string of the molecule is C[C@@H]1CNCCN1C(=O)c1cccc(C(=O)N2CCCC2)n1.Cl. The van der Waals surface area contributed by atoms with Crippen molar-refractivity contribution in [1.29, 1.82) is 0 Å². The fourth-order valence-electron chi connectivity index (χ4n) is 3.05. The molecule has 3 rings (SSSR count). The maximum Gasteiger partial charge on any atom is 0.272 e. The van der Waals surface area contributed by atoms with Gasteiger partial charge in [0.15, 0.2) is 0 Å². The third-order valence-corrected chi connectivity index (χ3v) is 4.34. The Morgan fingerprint density at radius 3 is 2.43 bits per heavy atom. The van der Waals surface area contributed by atoms with Gasteiger partial charge < -0.3 is 15.1 Å². The summed E-state index contributed by atoms with van der Waals surface area (Å²) in [6.45, 7) is 5.84. The van der Waals surface area contributed by atoms with E-state index in [9.17, 15) is 9.59 Å². The highest BCUT2D eigenvalue weighted by atomic mass is 35.5. The molecule has 0 unspecified atom stereocenters. The van der Waals surface area contributed by atoms with Gasteiger partial charge in [0.25, 0.3) is 11.8 Å². The molecule has 1 aromatic rings. The van der Waals surface area contributed by atoms with Gasteiger partial charge >= 0.3 is 0 Å². The summed E-state index contributed by atoms with van der Waals surface area (Å²) in [6.07, 6.45) is 2.09. The van der Waals surface area contributed by atoms with Gasteiger partial charge in [-0.2, -0.15) is 0 Å². The van der Waals surface area contributed by atoms with Gasteiger partial charge in [-0.3, -0.25) is 9.59 Å². The summed E-state index contributed by atoms with van der Waals surface area (Å²) in [7, 11) is 0. The van der Waals surface area contributed by atoms with Crippen molar-refractivity contribution in [1.82, 2.24) is 20.1 Å². The molecule has 2 aliphatic heterocycles. The van der Waals surface area contributed by atoms with Gasteiger partial charge in [-0.05, 0) is 31.9 Å². The van der Waals surface area contributed by atoms with E-state index in [1.165, 1.54) is 0 Å². The van der Waals surface area contributed by atoms with Crippen molar-refractivity contribution in [3.05, 3.63) is 29.6 Å². The molecule has 2 amide bonds. The van der Waals surface area contributed by atoms with E-state index in [0.717, 1.165) is 39.0 Å². The Morgan fingerprint density at radius 1 is 1.13 bits per heavy atom. The van der Waals surface area contributed by atoms with E-state index in [4.69, 9.17) is 0 Å². The lowest BCUT2D eigenvalue weighted by Gasteiger charge is -2.33. The smallest absolute Gasteiger partial charge is 0.272 e. The highest BCUT2D eigenvalue weighted by molar-refractivity contribution is 5.96. The molecule has 0 bridgehead atoms. The fraction of sp³-hybridized carbons (Fsp3) is 0.562. The average molecular weight is 339 g/mol. The predicted octanol–water partition coefficient (Wildman–Crippen LogP) is 1.17. The van der Waals surface area contributed by atoms with Crippen LogP contribution in [0.15, 0.2) is 18.2 Å². The zero-order chi connectivity index (χ0) is 15.5. The van der Waals surface area contributed by atoms with Crippen LogP contribution in [-0.4, -0.2) is 65.4 Å². The third-order valence-electron chi connectivity index (χ3n) is 4.34. The number of amides is 2. The first kappa shape index (κ1) is 17.7. The molecule has 1 N–H and O–H groups in total. The van der Waals surface area contributed by atoms with Gasteiger partial charge in [0, 0.05) is 38.8 Å². The second kappa shape index (κ2) is 7.75. The number of nitrogens with one attached hydrogen (secondary N) is 1. The zero-order valence-electron chi connectivity index (χ0n) is 13.3. The number of rotatable bonds is 2. The lowest BCUT2D eigenvalue weighted by molar-refractivity contribution is 0.0649. The van der Waals surface area contributed by atoms with Crippen molar-refractivity contribution in [3.8, 4) is 0 Å². The number of piperazine rings is 1. The summed E-state index contributed by atoms with van der Waals surface area (Å²) in [5, 5.41) is 3.26. The van der Waals surface area contributed by atoms with E-state index in [1.807, 2.05) is 16.7 Å². The van der Waals surface area contributed by atoms with E-state index in [1.54, 1.807) is 18.2 Å². The van der Waals surface area contributed by atoms with E-state index in [-0.39, 0.29) is 30.3 Å². The number of pyridine rings is 1. The first-order valence-electron chi connectivity index (χ1n) is 7.95. The van der Waals surface area contributed by atoms with E-state index in [0.29, 0.717) is 17.9 Å². The lowest BCUT2D eigenvalue weighted by atomic mass is 10.2. The Balaban J connectivity index is 0.00000192. The topological polar surface area (TPSA) is 65.5 Å². The molecule has 23 heavy (non-hydrogen) atoms. The van der Waals surface area contributed by atoms with Crippen molar-refractivity contribution in [2.24, 2.45) is 0 Å². The molecule has 1 atom stereocenters. The van der Waals surface area contributed by atoms with Crippen LogP contribution in [0.25, 0.3) is 0 Å². The van der Waals surface area contributed by atoms with Gasteiger partial charge in [-0.1, -0.05) is 6.07 Å². The van der Waals surface area contributed by atoms with E-state index in [2.05, 4.69) is 10.3 Å². The molecule has 0 spiro atoms. The summed E-state index contributed by atoms with van der Waals surface area (Å²) in [4.78, 5) is 33.0. The molecule has 7 heteroatoms. The predicted molar refractivity (Wildman–Crippen MR) is 90.0 cm³/mol. The first-order chi connectivity index (χ1) is 10.7. The molecule has 3 heterocycles. The maximum atomic E-state index is 12.6. The highest BCUT2D eigenvalue weighted by Crippen LogP contribution is 2.13. The second-order valence-corrected chi connectivity index (χ2v) is 5.96. The van der Waals surface area contributed by atoms with Crippen LogP contribution in [0.4, 0.5) is 0 Å². The Kier molecular flexibility index (Phi) is 5.96. The van der Waals surface area contributed by atoms with E-state index < -0.39 is 0 Å². The fourth-order valence-corrected chi connectivity index (χ4v) is 3.05. The van der Waals surface area contributed by atoms with Crippen LogP contribution >= 0.6 is 12.4 Å². The van der Waals surface area contributed by atoms with Crippen LogP contribution in [0.5, 0.6) is 0 Å². The quantitative estimate of drug-likeness (QED) is 0.879. The van der Waals surface area contributed by atoms with Crippen molar-refractivity contribution in [2.45, 2.75) is 25.8 Å². The molecular weight excluding hydrogens is 316 g/mol. The number of hydrogen-bond acceptors (Lipinski definition) is 4. The number of hydrogen-bond donors (Lipinski definition) is 1. The summed E-state index contributed by atoms with van der Waals surface area (Å²) >= 11 is 0. The Hall–Kier alpha value is -1.66. The van der Waals surface area contributed by atoms with Crippen LogP contribution in [0.2, 0.25) is 0 Å². The van der Waals surface area contributed by atoms with Crippen molar-refractivity contribution >= 4 is 24.2 Å². The van der Waals surface area contributed by atoms with Crippen molar-refractivity contribution < 1.29 is 9.59 Å². The van der Waals surface area contributed by atoms with Gasteiger partial charge in [-0.15, -0.1) is 12.4 Å². The molecule has 0 aliphatic carbocycles. The summed E-state index contributed by atoms with van der Waals surface area (Å²) in [5.41, 5.74) is 0.731. The minimum Gasteiger partial charge on any atom is -0.337 e. The van der Waals surface area contributed by atoms with Gasteiger partial charge in [0.2, 0.25) is 0 Å². The van der Waals surface area contributed by atoms with Crippen LogP contribution in [0.1, 0.15) is 40.7 Å². The number of likely N-dealkylation sites (tertiary alicyclic amines) is 1. The molecule has 126 valence electrons. The minimum absolute atomic E-state index is 0. The Morgan fingerprint density at radius 2 is 1.78 bits per heavy atom. The van der Waals surface area contributed by atoms with Crippen molar-refractivity contribution in [2.75, 3.05) is 32.7 Å². The molecular formula is C16H23ClN4O2. The van der Waals surface area contributed by atoms with E-state index >= 15 is 0 Å². The van der Waals surface area contributed by atoms with Crippen molar-refractivity contribution in [3.63, 3.8) is 0 Å². The number of carbonyl (C=O) groups excluding carboxylic acids is 2. The summed E-state index contributed by atoms with van der Waals surface area (Å²) in [6, 6.07) is 5.27. The normalized spacial score (nSPS) is 21.0. The van der Waals surface area contributed by atoms with Gasteiger partial charge in [-0.25, -0.2) is 4.98 Å². The molecule has 1 aromatic heterocycles. The highest BCUT2D eigenvalue weighted by Gasteiger charge is 2.26. The molecule has 2 fully saturated rings. The monoisotopic (exact) mass is 338 g/mol. The summed E-state index contributed by atoms with van der Waals surface area (Å²) in [5.74, 6) is -0.161. The summed E-state index contributed by atoms with van der Waals surface area (Å²) < 4.78 is 0. The second-order valence-electron chi connectivity index (χ2n) is 5.96. The number of nitrogens with zero attached hydrogens (tertiary/aromatic N) is 3. The maximum absolute atomic E-state index is 12.6. The number of halogens is 1. The number of carbonyl (C=O) groups is 2. The third kappa shape index (κ3) is 3.82. The molecule has 2 saturated heterocycles. The van der Waals surface area contributed by atoms with Crippen LogP contribution in [0, 0.1) is 0 Å². The molecule has 2 aliphatic rings. The number of aromatic nitrogens is 1. The average Bonchev–Trinajstić information content (AvgIpc) is 3.08. The van der Waals surface area contributed by atoms with Crippen LogP contribution in [0.3, 0.4) is 0 Å². The van der Waals surface area contributed by atoms with Crippen LogP contribution < -0.4 is 5.32 Å². The zero-order valence-corrected chi connectivity index (χ0v) is 14.1.